The molecule has 2 N–H and O–H groups in total. The van der Waals surface area contributed by atoms with Crippen LogP contribution in [0.5, 0.6) is 0 Å². The topological polar surface area (TPSA) is 93.1 Å². The Hall–Kier alpha value is -3.95. The van der Waals surface area contributed by atoms with Crippen LogP contribution >= 0.6 is 0 Å². The Morgan fingerprint density at radius 1 is 1.03 bits per heavy atom. The van der Waals surface area contributed by atoms with Gasteiger partial charge in [-0.3, -0.25) is 14.4 Å². The van der Waals surface area contributed by atoms with E-state index in [-0.39, 0.29) is 11.4 Å². The van der Waals surface area contributed by atoms with Crippen molar-refractivity contribution in [3.05, 3.63) is 76.1 Å². The molecule has 0 unspecified atom stereocenters. The summed E-state index contributed by atoms with van der Waals surface area (Å²) in [5.41, 5.74) is 0.228. The molecule has 0 atom stereocenters. The van der Waals surface area contributed by atoms with E-state index in [0.717, 1.165) is 22.4 Å². The number of hydrogen-bond acceptors (Lipinski definition) is 4. The van der Waals surface area contributed by atoms with Gasteiger partial charge in [-0.15, -0.1) is 0 Å². The lowest BCUT2D eigenvalue weighted by Gasteiger charge is -2.13. The summed E-state index contributed by atoms with van der Waals surface area (Å²) < 4.78 is 39.7. The van der Waals surface area contributed by atoms with Crippen LogP contribution in [0.25, 0.3) is 11.3 Å². The molecule has 178 valence electrons. The molecule has 3 aromatic rings. The van der Waals surface area contributed by atoms with Crippen molar-refractivity contribution >= 4 is 23.2 Å². The fourth-order valence-electron chi connectivity index (χ4n) is 2.99. The number of anilines is 2. The highest BCUT2D eigenvalue weighted by atomic mass is 19.4. The average molecular weight is 472 g/mol. The van der Waals surface area contributed by atoms with E-state index in [4.69, 9.17) is 0 Å². The summed E-state index contributed by atoms with van der Waals surface area (Å²) in [6.45, 7) is 4.67. The number of hydrogen-bond donors (Lipinski definition) is 2. The van der Waals surface area contributed by atoms with Crippen LogP contribution < -0.4 is 16.2 Å². The van der Waals surface area contributed by atoms with Crippen LogP contribution in [0.3, 0.4) is 0 Å². The average Bonchev–Trinajstić information content (AvgIpc) is 2.76. The number of carbonyl (C=O) groups is 2. The van der Waals surface area contributed by atoms with Crippen molar-refractivity contribution in [2.24, 2.45) is 5.92 Å². The van der Waals surface area contributed by atoms with Gasteiger partial charge < -0.3 is 10.6 Å². The quantitative estimate of drug-likeness (QED) is 0.554. The number of halogens is 3. The van der Waals surface area contributed by atoms with Gasteiger partial charge in [0.25, 0.3) is 5.56 Å². The van der Waals surface area contributed by atoms with Gasteiger partial charge in [-0.05, 0) is 31.2 Å². The van der Waals surface area contributed by atoms with Gasteiger partial charge in [0.1, 0.15) is 12.2 Å². The molecule has 0 saturated heterocycles. The minimum absolute atomic E-state index is 0.0591. The number of carbonyl (C=O) groups excluding carboxylic acids is 2. The molecule has 0 bridgehead atoms. The summed E-state index contributed by atoms with van der Waals surface area (Å²) in [6.07, 6.45) is -4.56. The minimum Gasteiger partial charge on any atom is -0.324 e. The zero-order chi connectivity index (χ0) is 25.0. The molecule has 0 radical (unpaired) electrons. The first-order valence-corrected chi connectivity index (χ1v) is 10.4. The lowest BCUT2D eigenvalue weighted by atomic mass is 10.1. The van der Waals surface area contributed by atoms with E-state index in [1.54, 1.807) is 26.0 Å². The van der Waals surface area contributed by atoms with Gasteiger partial charge in [0.2, 0.25) is 11.8 Å². The Morgan fingerprint density at radius 2 is 1.71 bits per heavy atom. The molecule has 0 aliphatic heterocycles. The maximum absolute atomic E-state index is 12.9. The van der Waals surface area contributed by atoms with Crippen LogP contribution in [0, 0.1) is 12.8 Å². The number of nitrogens with zero attached hydrogens (tertiary/aromatic N) is 2. The highest BCUT2D eigenvalue weighted by Gasteiger charge is 2.30. The molecule has 1 aromatic heterocycles. The van der Waals surface area contributed by atoms with Gasteiger partial charge in [0.15, 0.2) is 0 Å². The number of alkyl halides is 3. The van der Waals surface area contributed by atoms with Crippen molar-refractivity contribution in [3.8, 4) is 11.3 Å². The fourth-order valence-corrected chi connectivity index (χ4v) is 2.99. The summed E-state index contributed by atoms with van der Waals surface area (Å²) in [4.78, 5) is 37.6. The monoisotopic (exact) mass is 472 g/mol. The molecule has 34 heavy (non-hydrogen) atoms. The SMILES string of the molecule is Cc1ccc(-c2cc(NC(=O)C(C)C)c(=O)n(CC(=O)Nc3cccc(C(F)(F)F)c3)n2)cc1. The lowest BCUT2D eigenvalue weighted by Crippen LogP contribution is -2.33. The Bertz CT molecular complexity index is 1270. The normalized spacial score (nSPS) is 11.4. The van der Waals surface area contributed by atoms with Crippen LogP contribution in [0.1, 0.15) is 25.0 Å². The largest absolute Gasteiger partial charge is 0.416 e. The lowest BCUT2D eigenvalue weighted by molar-refractivity contribution is -0.137. The van der Waals surface area contributed by atoms with Crippen LogP contribution in [-0.2, 0) is 22.3 Å². The number of aromatic nitrogens is 2. The van der Waals surface area contributed by atoms with Gasteiger partial charge in [-0.25, -0.2) is 4.68 Å². The second kappa shape index (κ2) is 9.90. The molecular formula is C24H23F3N4O3. The molecule has 0 aliphatic rings. The molecule has 2 amide bonds. The van der Waals surface area contributed by atoms with Crippen LogP contribution in [0.2, 0.25) is 0 Å². The van der Waals surface area contributed by atoms with Crippen molar-refractivity contribution in [2.45, 2.75) is 33.5 Å². The van der Waals surface area contributed by atoms with Gasteiger partial charge in [-0.2, -0.15) is 18.3 Å². The Labute approximate surface area is 193 Å². The summed E-state index contributed by atoms with van der Waals surface area (Å²) >= 11 is 0. The first-order chi connectivity index (χ1) is 15.9. The molecule has 2 aromatic carbocycles. The highest BCUT2D eigenvalue weighted by Crippen LogP contribution is 2.30. The number of nitrogens with one attached hydrogen (secondary N) is 2. The van der Waals surface area contributed by atoms with E-state index in [9.17, 15) is 27.6 Å². The zero-order valence-corrected chi connectivity index (χ0v) is 18.7. The van der Waals surface area contributed by atoms with E-state index < -0.39 is 41.6 Å². The smallest absolute Gasteiger partial charge is 0.324 e. The van der Waals surface area contributed by atoms with Crippen LogP contribution in [0.4, 0.5) is 24.5 Å². The molecular weight excluding hydrogens is 449 g/mol. The Morgan fingerprint density at radius 3 is 2.32 bits per heavy atom. The van der Waals surface area contributed by atoms with Crippen LogP contribution in [-0.4, -0.2) is 21.6 Å². The molecule has 7 nitrogen and oxygen atoms in total. The van der Waals surface area contributed by atoms with Crippen molar-refractivity contribution in [1.29, 1.82) is 0 Å². The fraction of sp³-hybridized carbons (Fsp3) is 0.250. The van der Waals surface area contributed by atoms with Crippen molar-refractivity contribution < 1.29 is 22.8 Å². The summed E-state index contributed by atoms with van der Waals surface area (Å²) in [6, 6.07) is 12.8. The summed E-state index contributed by atoms with van der Waals surface area (Å²) in [5.74, 6) is -1.54. The Kier molecular flexibility index (Phi) is 7.19. The van der Waals surface area contributed by atoms with Gasteiger partial charge in [0.05, 0.1) is 11.3 Å². The summed E-state index contributed by atoms with van der Waals surface area (Å²) in [5, 5.41) is 9.13. The predicted molar refractivity (Wildman–Crippen MR) is 122 cm³/mol. The molecule has 10 heteroatoms. The zero-order valence-electron chi connectivity index (χ0n) is 18.7. The van der Waals surface area contributed by atoms with E-state index in [1.807, 2.05) is 19.1 Å². The van der Waals surface area contributed by atoms with E-state index >= 15 is 0 Å². The molecule has 0 saturated carbocycles. The van der Waals surface area contributed by atoms with E-state index in [2.05, 4.69) is 15.7 Å². The van der Waals surface area contributed by atoms with Crippen molar-refractivity contribution in [1.82, 2.24) is 9.78 Å². The van der Waals surface area contributed by atoms with E-state index in [0.29, 0.717) is 11.3 Å². The maximum Gasteiger partial charge on any atom is 0.416 e. The molecule has 0 spiro atoms. The Balaban J connectivity index is 1.93. The second-order valence-corrected chi connectivity index (χ2v) is 8.04. The second-order valence-electron chi connectivity index (χ2n) is 8.04. The van der Waals surface area contributed by atoms with Gasteiger partial charge in [-0.1, -0.05) is 49.7 Å². The standard InChI is InChI=1S/C24H23F3N4O3/c1-14(2)22(33)29-20-12-19(16-9-7-15(3)8-10-16)30-31(23(20)34)13-21(32)28-18-6-4-5-17(11-18)24(25,26)27/h4-12,14H,13H2,1-3H3,(H,28,32)(H,29,33). The maximum atomic E-state index is 12.9. The highest BCUT2D eigenvalue weighted by molar-refractivity contribution is 5.93. The van der Waals surface area contributed by atoms with Crippen LogP contribution in [0.15, 0.2) is 59.4 Å². The molecule has 1 heterocycles. The number of aryl methyl sites for hydroxylation is 1. The molecule has 0 aliphatic carbocycles. The number of benzene rings is 2. The molecule has 0 fully saturated rings. The first-order valence-electron chi connectivity index (χ1n) is 10.4. The van der Waals surface area contributed by atoms with E-state index in [1.165, 1.54) is 18.2 Å². The van der Waals surface area contributed by atoms with Gasteiger partial charge in [0, 0.05) is 17.2 Å². The summed E-state index contributed by atoms with van der Waals surface area (Å²) in [7, 11) is 0. The predicted octanol–water partition coefficient (Wildman–Crippen LogP) is 4.47. The number of amides is 2. The third kappa shape index (κ3) is 6.09. The number of rotatable bonds is 6. The third-order valence-electron chi connectivity index (χ3n) is 4.87. The molecule has 3 rings (SSSR count). The van der Waals surface area contributed by atoms with Gasteiger partial charge >= 0.3 is 6.18 Å². The van der Waals surface area contributed by atoms with Crippen molar-refractivity contribution in [2.75, 3.05) is 10.6 Å². The minimum atomic E-state index is -4.56. The first kappa shape index (κ1) is 24.7. The third-order valence-corrected chi connectivity index (χ3v) is 4.87. The van der Waals surface area contributed by atoms with Crippen molar-refractivity contribution in [3.63, 3.8) is 0 Å².